The maximum absolute atomic E-state index is 9.98. The molecule has 0 saturated heterocycles. The molecule has 1 saturated carbocycles. The second-order valence-electron chi connectivity index (χ2n) is 4.36. The Morgan fingerprint density at radius 1 is 1.41 bits per heavy atom. The van der Waals surface area contributed by atoms with E-state index in [0.29, 0.717) is 18.3 Å². The molecule has 0 radical (unpaired) electrons. The van der Waals surface area contributed by atoms with Gasteiger partial charge in [-0.05, 0) is 18.8 Å². The fraction of sp³-hybridized carbons (Fsp3) is 0.583. The van der Waals surface area contributed by atoms with Crippen molar-refractivity contribution in [2.75, 3.05) is 11.9 Å². The van der Waals surface area contributed by atoms with Crippen LogP contribution < -0.4 is 5.32 Å². The van der Waals surface area contributed by atoms with Gasteiger partial charge in [-0.1, -0.05) is 12.8 Å². The van der Waals surface area contributed by atoms with Gasteiger partial charge in [0.15, 0.2) is 11.5 Å². The molecule has 1 heterocycles. The molecule has 17 heavy (non-hydrogen) atoms. The fourth-order valence-corrected chi connectivity index (χ4v) is 2.26. The largest absolute Gasteiger partial charge is 0.391 e. The summed E-state index contributed by atoms with van der Waals surface area (Å²) in [4.78, 5) is 7.95. The molecule has 0 aliphatic heterocycles. The Bertz CT molecular complexity index is 409. The summed E-state index contributed by atoms with van der Waals surface area (Å²) < 4.78 is 0. The Kier molecular flexibility index (Phi) is 3.89. The van der Waals surface area contributed by atoms with E-state index in [4.69, 9.17) is 5.26 Å². The van der Waals surface area contributed by atoms with Crippen LogP contribution >= 0.6 is 0 Å². The molecule has 0 bridgehead atoms. The number of aliphatic hydroxyl groups is 1. The van der Waals surface area contributed by atoms with Gasteiger partial charge in [-0.15, -0.1) is 0 Å². The average molecular weight is 232 g/mol. The van der Waals surface area contributed by atoms with Crippen molar-refractivity contribution in [2.24, 2.45) is 5.92 Å². The summed E-state index contributed by atoms with van der Waals surface area (Å²) in [5.41, 5.74) is 0.270. The average Bonchev–Trinajstić information content (AvgIpc) is 2.90. The van der Waals surface area contributed by atoms with Crippen LogP contribution in [-0.2, 0) is 0 Å². The van der Waals surface area contributed by atoms with E-state index in [0.717, 1.165) is 12.8 Å². The highest BCUT2D eigenvalue weighted by atomic mass is 16.3. The van der Waals surface area contributed by atoms with Crippen molar-refractivity contribution < 1.29 is 5.11 Å². The van der Waals surface area contributed by atoms with Gasteiger partial charge in [-0.25, -0.2) is 9.97 Å². The van der Waals surface area contributed by atoms with Gasteiger partial charge in [0.1, 0.15) is 6.07 Å². The Hall–Kier alpha value is -1.67. The minimum atomic E-state index is -0.369. The van der Waals surface area contributed by atoms with E-state index in [-0.39, 0.29) is 11.8 Å². The third kappa shape index (κ3) is 2.92. The van der Waals surface area contributed by atoms with Crippen LogP contribution in [-0.4, -0.2) is 27.7 Å². The van der Waals surface area contributed by atoms with Crippen LogP contribution in [0.1, 0.15) is 31.4 Å². The lowest BCUT2D eigenvalue weighted by Gasteiger charge is -2.18. The Morgan fingerprint density at radius 3 is 2.82 bits per heavy atom. The first kappa shape index (κ1) is 11.8. The third-order valence-corrected chi connectivity index (χ3v) is 3.23. The van der Waals surface area contributed by atoms with Crippen molar-refractivity contribution in [3.05, 3.63) is 18.1 Å². The number of nitrogens with one attached hydrogen (secondary N) is 1. The maximum atomic E-state index is 9.98. The van der Waals surface area contributed by atoms with E-state index < -0.39 is 0 Å². The van der Waals surface area contributed by atoms with Crippen LogP contribution in [0.25, 0.3) is 0 Å². The lowest BCUT2D eigenvalue weighted by molar-refractivity contribution is 0.122. The normalized spacial score (nSPS) is 17.6. The zero-order valence-corrected chi connectivity index (χ0v) is 9.63. The molecule has 1 fully saturated rings. The Labute approximate surface area is 101 Å². The number of aromatic nitrogens is 2. The van der Waals surface area contributed by atoms with Crippen molar-refractivity contribution in [3.63, 3.8) is 0 Å². The van der Waals surface area contributed by atoms with E-state index in [9.17, 15) is 5.11 Å². The number of nitrogens with zero attached hydrogens (tertiary/aromatic N) is 3. The van der Waals surface area contributed by atoms with Gasteiger partial charge in [0.05, 0.1) is 6.10 Å². The van der Waals surface area contributed by atoms with Gasteiger partial charge in [0.25, 0.3) is 0 Å². The minimum Gasteiger partial charge on any atom is -0.391 e. The summed E-state index contributed by atoms with van der Waals surface area (Å²) in [6.45, 7) is 0.429. The van der Waals surface area contributed by atoms with Gasteiger partial charge < -0.3 is 10.4 Å². The topological polar surface area (TPSA) is 81.8 Å². The summed E-state index contributed by atoms with van der Waals surface area (Å²) in [5.74, 6) is 0.830. The first-order chi connectivity index (χ1) is 8.31. The van der Waals surface area contributed by atoms with Crippen LogP contribution in [0.5, 0.6) is 0 Å². The van der Waals surface area contributed by atoms with Crippen LogP contribution in [0.2, 0.25) is 0 Å². The van der Waals surface area contributed by atoms with E-state index in [1.165, 1.54) is 25.2 Å². The molecule has 1 unspecified atom stereocenters. The van der Waals surface area contributed by atoms with Crippen LogP contribution in [0.3, 0.4) is 0 Å². The van der Waals surface area contributed by atoms with Gasteiger partial charge in [0.2, 0.25) is 0 Å². The number of hydrogen-bond donors (Lipinski definition) is 2. The van der Waals surface area contributed by atoms with Crippen molar-refractivity contribution in [1.29, 1.82) is 5.26 Å². The zero-order valence-electron chi connectivity index (χ0n) is 9.63. The molecule has 2 N–H and O–H groups in total. The van der Waals surface area contributed by atoms with Gasteiger partial charge in [0, 0.05) is 18.9 Å². The van der Waals surface area contributed by atoms with Crippen molar-refractivity contribution in [1.82, 2.24) is 9.97 Å². The highest BCUT2D eigenvalue weighted by Gasteiger charge is 2.23. The number of aliphatic hydroxyl groups excluding tert-OH is 1. The monoisotopic (exact) mass is 232 g/mol. The SMILES string of the molecule is N#Cc1nccnc1NCC(O)C1CCCC1. The molecule has 1 aliphatic rings. The standard InChI is InChI=1S/C12H16N4O/c13-7-10-12(15-6-5-14-10)16-8-11(17)9-3-1-2-4-9/h5-6,9,11,17H,1-4,8H2,(H,15,16). The second-order valence-corrected chi connectivity index (χ2v) is 4.36. The Balaban J connectivity index is 1.91. The molecule has 0 amide bonds. The van der Waals surface area contributed by atoms with Crippen molar-refractivity contribution in [2.45, 2.75) is 31.8 Å². The molecule has 0 spiro atoms. The predicted octanol–water partition coefficient (Wildman–Crippen LogP) is 1.31. The minimum absolute atomic E-state index is 0.270. The van der Waals surface area contributed by atoms with Crippen LogP contribution in [0.4, 0.5) is 5.82 Å². The molecule has 5 heteroatoms. The fourth-order valence-electron chi connectivity index (χ4n) is 2.26. The van der Waals surface area contributed by atoms with Gasteiger partial charge in [-0.2, -0.15) is 5.26 Å². The number of hydrogen-bond acceptors (Lipinski definition) is 5. The lowest BCUT2D eigenvalue weighted by Crippen LogP contribution is -2.27. The molecule has 1 aromatic rings. The molecule has 2 rings (SSSR count). The predicted molar refractivity (Wildman–Crippen MR) is 63.2 cm³/mol. The van der Waals surface area contributed by atoms with Crippen LogP contribution in [0, 0.1) is 17.2 Å². The number of anilines is 1. The van der Waals surface area contributed by atoms with Gasteiger partial charge >= 0.3 is 0 Å². The quantitative estimate of drug-likeness (QED) is 0.818. The lowest BCUT2D eigenvalue weighted by atomic mass is 10.0. The molecule has 90 valence electrons. The molecular formula is C12H16N4O. The molecular weight excluding hydrogens is 216 g/mol. The first-order valence-corrected chi connectivity index (χ1v) is 5.94. The summed E-state index contributed by atoms with van der Waals surface area (Å²) >= 11 is 0. The maximum Gasteiger partial charge on any atom is 0.182 e. The smallest absolute Gasteiger partial charge is 0.182 e. The summed E-state index contributed by atoms with van der Waals surface area (Å²) in [5, 5.41) is 21.8. The molecule has 1 aromatic heterocycles. The highest BCUT2D eigenvalue weighted by molar-refractivity contribution is 5.46. The van der Waals surface area contributed by atoms with Gasteiger partial charge in [-0.3, -0.25) is 0 Å². The molecule has 5 nitrogen and oxygen atoms in total. The van der Waals surface area contributed by atoms with Crippen LogP contribution in [0.15, 0.2) is 12.4 Å². The third-order valence-electron chi connectivity index (χ3n) is 3.23. The molecule has 1 atom stereocenters. The highest BCUT2D eigenvalue weighted by Crippen LogP contribution is 2.27. The van der Waals surface area contributed by atoms with E-state index in [1.807, 2.05) is 6.07 Å². The number of nitriles is 1. The summed E-state index contributed by atoms with van der Waals surface area (Å²) in [6.07, 6.45) is 7.24. The Morgan fingerprint density at radius 2 is 2.12 bits per heavy atom. The van der Waals surface area contributed by atoms with E-state index in [1.54, 1.807) is 0 Å². The molecule has 0 aromatic carbocycles. The second kappa shape index (κ2) is 5.60. The van der Waals surface area contributed by atoms with E-state index >= 15 is 0 Å². The van der Waals surface area contributed by atoms with Crippen molar-refractivity contribution >= 4 is 5.82 Å². The number of rotatable bonds is 4. The summed E-state index contributed by atoms with van der Waals surface area (Å²) in [7, 11) is 0. The molecule has 1 aliphatic carbocycles. The van der Waals surface area contributed by atoms with Crippen molar-refractivity contribution in [3.8, 4) is 6.07 Å². The zero-order chi connectivity index (χ0) is 12.1. The summed E-state index contributed by atoms with van der Waals surface area (Å²) in [6, 6.07) is 1.97. The van der Waals surface area contributed by atoms with E-state index in [2.05, 4.69) is 15.3 Å². The first-order valence-electron chi connectivity index (χ1n) is 5.94.